The molecule has 0 saturated carbocycles. The Balaban J connectivity index is 2.38. The van der Waals surface area contributed by atoms with Gasteiger partial charge in [0.25, 0.3) is 0 Å². The second kappa shape index (κ2) is 5.39. The number of benzene rings is 1. The molecule has 0 saturated heterocycles. The summed E-state index contributed by atoms with van der Waals surface area (Å²) in [5, 5.41) is 3.41. The van der Waals surface area contributed by atoms with Crippen molar-refractivity contribution in [1.29, 1.82) is 0 Å². The van der Waals surface area contributed by atoms with Crippen molar-refractivity contribution in [2.45, 2.75) is 20.3 Å². The zero-order chi connectivity index (χ0) is 12.3. The van der Waals surface area contributed by atoms with E-state index in [0.717, 1.165) is 23.4 Å². The number of anilines is 1. The van der Waals surface area contributed by atoms with Gasteiger partial charge in [-0.25, -0.2) is 0 Å². The van der Waals surface area contributed by atoms with E-state index in [2.05, 4.69) is 31.3 Å². The van der Waals surface area contributed by atoms with Crippen LogP contribution in [0.15, 0.2) is 30.3 Å². The number of hydrogen-bond acceptors (Lipinski definition) is 2. The number of nitrogen functional groups attached to an aromatic ring is 1. The summed E-state index contributed by atoms with van der Waals surface area (Å²) in [5.41, 5.74) is 2.35. The zero-order valence-corrected chi connectivity index (χ0v) is 11.9. The molecule has 3 N–H and O–H groups in total. The van der Waals surface area contributed by atoms with E-state index < -0.39 is 0 Å². The molecule has 0 unspecified atom stereocenters. The van der Waals surface area contributed by atoms with E-state index in [1.165, 1.54) is 10.0 Å². The monoisotopic (exact) mass is 296 g/mol. The van der Waals surface area contributed by atoms with Crippen LogP contribution >= 0.6 is 0 Å². The van der Waals surface area contributed by atoms with Crippen molar-refractivity contribution in [2.24, 2.45) is 0 Å². The Morgan fingerprint density at radius 3 is 2.65 bits per heavy atom. The quantitative estimate of drug-likeness (QED) is 0.510. The van der Waals surface area contributed by atoms with Gasteiger partial charge in [0.1, 0.15) is 0 Å². The molecule has 17 heavy (non-hydrogen) atoms. The molecule has 3 nitrogen and oxygen atoms in total. The standard InChI is InChI=1S/C13H17N3Se/c1-3-9-15-13-16(14)12(10(2)17-13)11-7-5-4-6-8-11/h4-8H,3,9,14H2,1-2H3/p+1. The maximum atomic E-state index is 6.18. The van der Waals surface area contributed by atoms with Crippen molar-refractivity contribution in [3.63, 3.8) is 0 Å². The molecule has 1 aromatic carbocycles. The van der Waals surface area contributed by atoms with Crippen molar-refractivity contribution < 1.29 is 4.68 Å². The summed E-state index contributed by atoms with van der Waals surface area (Å²) in [6, 6.07) is 10.3. The normalized spacial score (nSPS) is 10.5. The Morgan fingerprint density at radius 2 is 2.00 bits per heavy atom. The van der Waals surface area contributed by atoms with Crippen LogP contribution in [0.3, 0.4) is 0 Å². The molecule has 1 heterocycles. The van der Waals surface area contributed by atoms with Gasteiger partial charge in [-0.05, 0) is 0 Å². The van der Waals surface area contributed by atoms with Gasteiger partial charge in [-0.15, -0.1) is 0 Å². The molecule has 2 rings (SSSR count). The Bertz CT molecular complexity index is 491. The topological polar surface area (TPSA) is 41.9 Å². The number of rotatable bonds is 4. The summed E-state index contributed by atoms with van der Waals surface area (Å²) in [6.45, 7) is 5.32. The second-order valence-corrected chi connectivity index (χ2v) is 6.50. The SMILES string of the molecule is CCCNc1[se]c(C)c(-c2ccccc2)[n+]1N. The molecule has 0 fully saturated rings. The van der Waals surface area contributed by atoms with Gasteiger partial charge >= 0.3 is 108 Å². The molecule has 90 valence electrons. The van der Waals surface area contributed by atoms with E-state index in [1.54, 1.807) is 0 Å². The van der Waals surface area contributed by atoms with Crippen molar-refractivity contribution in [3.05, 3.63) is 34.8 Å². The number of aromatic nitrogens is 1. The fourth-order valence-electron chi connectivity index (χ4n) is 1.81. The number of nitrogens with one attached hydrogen (secondary N) is 1. The summed E-state index contributed by atoms with van der Waals surface area (Å²) < 4.78 is 4.36. The van der Waals surface area contributed by atoms with Crippen LogP contribution in [0.1, 0.15) is 17.8 Å². The fourth-order valence-corrected chi connectivity index (χ4v) is 3.83. The summed E-state index contributed by atoms with van der Waals surface area (Å²) in [7, 11) is 0. The number of nitrogens with zero attached hydrogens (tertiary/aromatic N) is 1. The molecule has 0 atom stereocenters. The first-order valence-electron chi connectivity index (χ1n) is 5.84. The molecular weight excluding hydrogens is 277 g/mol. The average Bonchev–Trinajstić information content (AvgIpc) is 2.63. The maximum absolute atomic E-state index is 6.18. The third-order valence-corrected chi connectivity index (χ3v) is 4.79. The van der Waals surface area contributed by atoms with Crippen molar-refractivity contribution in [2.75, 3.05) is 17.7 Å². The van der Waals surface area contributed by atoms with Gasteiger partial charge in [-0.2, -0.15) is 0 Å². The molecule has 0 aliphatic carbocycles. The molecular formula is C13H18N3Se+. The van der Waals surface area contributed by atoms with Crippen LogP contribution in [0, 0.1) is 6.92 Å². The van der Waals surface area contributed by atoms with Crippen LogP contribution in [0.5, 0.6) is 0 Å². The Kier molecular flexibility index (Phi) is 3.87. The van der Waals surface area contributed by atoms with Crippen LogP contribution in [0.25, 0.3) is 11.3 Å². The zero-order valence-electron chi connectivity index (χ0n) is 10.2. The molecule has 0 spiro atoms. The first kappa shape index (κ1) is 12.2. The summed E-state index contributed by atoms with van der Waals surface area (Å²) in [6.07, 6.45) is 1.12. The van der Waals surface area contributed by atoms with Gasteiger partial charge < -0.3 is 0 Å². The number of aryl methyl sites for hydroxylation is 1. The first-order valence-corrected chi connectivity index (χ1v) is 7.55. The predicted octanol–water partition coefficient (Wildman–Crippen LogP) is 1.54. The van der Waals surface area contributed by atoms with E-state index in [0.29, 0.717) is 14.5 Å². The van der Waals surface area contributed by atoms with Crippen LogP contribution in [-0.2, 0) is 0 Å². The van der Waals surface area contributed by atoms with Crippen molar-refractivity contribution in [3.8, 4) is 11.3 Å². The minimum absolute atomic E-state index is 0.328. The first-order chi connectivity index (χ1) is 8.24. The van der Waals surface area contributed by atoms with Crippen LogP contribution in [0.2, 0.25) is 0 Å². The summed E-state index contributed by atoms with van der Waals surface area (Å²) in [5.74, 6) is 6.18. The third-order valence-electron chi connectivity index (χ3n) is 2.62. The van der Waals surface area contributed by atoms with Gasteiger partial charge in [0.2, 0.25) is 0 Å². The van der Waals surface area contributed by atoms with E-state index in [9.17, 15) is 0 Å². The van der Waals surface area contributed by atoms with Gasteiger partial charge in [0.05, 0.1) is 0 Å². The van der Waals surface area contributed by atoms with E-state index in [4.69, 9.17) is 5.84 Å². The van der Waals surface area contributed by atoms with Gasteiger partial charge in [0.15, 0.2) is 0 Å². The molecule has 4 heteroatoms. The van der Waals surface area contributed by atoms with E-state index in [-0.39, 0.29) is 0 Å². The summed E-state index contributed by atoms with van der Waals surface area (Å²) >= 11 is 0.328. The molecule has 0 aliphatic heterocycles. The number of nitrogens with two attached hydrogens (primary N) is 1. The van der Waals surface area contributed by atoms with Crippen LogP contribution < -0.4 is 15.8 Å². The molecule has 1 aromatic heterocycles. The molecule has 2 aromatic rings. The van der Waals surface area contributed by atoms with Crippen LogP contribution in [0.4, 0.5) is 4.69 Å². The average molecular weight is 295 g/mol. The van der Waals surface area contributed by atoms with E-state index >= 15 is 0 Å². The Hall–Kier alpha value is -1.25. The van der Waals surface area contributed by atoms with Gasteiger partial charge in [-0.3, -0.25) is 0 Å². The third kappa shape index (κ3) is 2.54. The molecule has 0 aliphatic rings. The van der Waals surface area contributed by atoms with Gasteiger partial charge in [0, 0.05) is 0 Å². The minimum atomic E-state index is 0.328. The van der Waals surface area contributed by atoms with E-state index in [1.807, 2.05) is 22.9 Å². The van der Waals surface area contributed by atoms with Crippen molar-refractivity contribution >= 4 is 19.2 Å². The fraction of sp³-hybridized carbons (Fsp3) is 0.308. The summed E-state index contributed by atoms with van der Waals surface area (Å²) in [4.78, 5) is 0. The van der Waals surface area contributed by atoms with Crippen molar-refractivity contribution in [1.82, 2.24) is 0 Å². The molecule has 0 amide bonds. The Morgan fingerprint density at radius 1 is 1.29 bits per heavy atom. The second-order valence-electron chi connectivity index (χ2n) is 3.97. The molecule has 0 radical (unpaired) electrons. The van der Waals surface area contributed by atoms with Crippen LogP contribution in [-0.4, -0.2) is 21.0 Å². The molecule has 0 bridgehead atoms. The number of hydrogen-bond donors (Lipinski definition) is 2. The Labute approximate surface area is 108 Å². The van der Waals surface area contributed by atoms with Gasteiger partial charge in [-0.1, -0.05) is 0 Å². The predicted molar refractivity (Wildman–Crippen MR) is 72.7 cm³/mol.